The largest absolute Gasteiger partial charge is 0.481 e. The number of benzene rings is 1. The molecule has 9 heteroatoms. The monoisotopic (exact) mass is 410 g/mol. The summed E-state index contributed by atoms with van der Waals surface area (Å²) in [6.45, 7) is 0. The lowest BCUT2D eigenvalue weighted by molar-refractivity contribution is -0.139. The van der Waals surface area contributed by atoms with Crippen LogP contribution in [0.2, 0.25) is 10.0 Å². The van der Waals surface area contributed by atoms with Gasteiger partial charge in [-0.1, -0.05) is 23.2 Å². The zero-order valence-electron chi connectivity index (χ0n) is 14.0. The minimum absolute atomic E-state index is 0.0597. The molecule has 2 aliphatic rings. The van der Waals surface area contributed by atoms with E-state index >= 15 is 0 Å². The number of halogens is 2. The van der Waals surface area contributed by atoms with Crippen LogP contribution >= 0.6 is 23.2 Å². The third kappa shape index (κ3) is 3.57. The second kappa shape index (κ2) is 7.32. The normalized spacial score (nSPS) is 25.7. The zero-order valence-corrected chi connectivity index (χ0v) is 15.5. The topological polar surface area (TPSA) is 116 Å². The van der Waals surface area contributed by atoms with E-state index in [1.54, 1.807) is 18.2 Å². The third-order valence-corrected chi connectivity index (χ3v) is 5.34. The van der Waals surface area contributed by atoms with E-state index in [9.17, 15) is 19.5 Å². The fourth-order valence-electron chi connectivity index (χ4n) is 3.61. The fourth-order valence-corrected chi connectivity index (χ4v) is 4.23. The summed E-state index contributed by atoms with van der Waals surface area (Å²) >= 11 is 12.4. The van der Waals surface area contributed by atoms with Crippen molar-refractivity contribution in [2.45, 2.75) is 36.8 Å². The van der Waals surface area contributed by atoms with Gasteiger partial charge in [-0.15, -0.1) is 0 Å². The van der Waals surface area contributed by atoms with Crippen LogP contribution in [0.3, 0.4) is 0 Å². The Morgan fingerprint density at radius 1 is 1.22 bits per heavy atom. The number of carboxylic acid groups (broad SMARTS) is 2. The first kappa shape index (κ1) is 19.4. The molecule has 3 rings (SSSR count). The Labute approximate surface area is 164 Å². The van der Waals surface area contributed by atoms with E-state index in [0.717, 1.165) is 0 Å². The summed E-state index contributed by atoms with van der Waals surface area (Å²) in [5.74, 6) is -3.25. The fraction of sp³-hybridized carbons (Fsp3) is 0.333. The number of hydrogen-bond donors (Lipinski definition) is 3. The van der Waals surface area contributed by atoms with Crippen molar-refractivity contribution in [1.82, 2.24) is 0 Å². The number of rotatable bonds is 6. The van der Waals surface area contributed by atoms with Crippen molar-refractivity contribution in [2.24, 2.45) is 4.99 Å². The Bertz CT molecular complexity index is 869. The van der Waals surface area contributed by atoms with Gasteiger partial charge in [-0.3, -0.25) is 14.6 Å². The highest BCUT2D eigenvalue weighted by Crippen LogP contribution is 2.49. The number of carbonyl (C=O) groups excluding carboxylic acids is 1. The Balaban J connectivity index is 2.11. The van der Waals surface area contributed by atoms with Crippen molar-refractivity contribution in [1.29, 1.82) is 0 Å². The number of Topliss-reactive ketones (excluding diaryl/α,β-unsaturated/α-hetero) is 1. The number of fused-ring (bicyclic) bond motifs is 1. The van der Waals surface area contributed by atoms with E-state index in [2.05, 4.69) is 10.3 Å². The van der Waals surface area contributed by atoms with Crippen LogP contribution in [-0.2, 0) is 14.4 Å². The van der Waals surface area contributed by atoms with E-state index in [-0.39, 0.29) is 19.3 Å². The van der Waals surface area contributed by atoms with Gasteiger partial charge in [-0.05, 0) is 30.7 Å². The molecule has 142 valence electrons. The molecule has 0 amide bonds. The molecule has 3 unspecified atom stereocenters. The van der Waals surface area contributed by atoms with Gasteiger partial charge in [0.25, 0.3) is 0 Å². The maximum absolute atomic E-state index is 13.0. The standard InChI is InChI=1S/C18H16Cl2N2O5/c19-9-6-11(20)16-10(8-13(17(26)27)22-12(16)7-9)18(4-1-5-21-18)14(23)2-3-15(24)25/h1,4-7,10,13,22H,2-3,8H2,(H,24,25)(H,26,27). The molecule has 3 atom stereocenters. The molecule has 0 bridgehead atoms. The first-order valence-electron chi connectivity index (χ1n) is 8.21. The minimum atomic E-state index is -1.39. The first-order chi connectivity index (χ1) is 12.7. The van der Waals surface area contributed by atoms with E-state index in [0.29, 0.717) is 21.3 Å². The van der Waals surface area contributed by atoms with Crippen molar-refractivity contribution < 1.29 is 24.6 Å². The average Bonchev–Trinajstić information content (AvgIpc) is 3.09. The van der Waals surface area contributed by atoms with Crippen molar-refractivity contribution in [2.75, 3.05) is 5.32 Å². The summed E-state index contributed by atoms with van der Waals surface area (Å²) in [5, 5.41) is 21.9. The summed E-state index contributed by atoms with van der Waals surface area (Å²) in [6.07, 6.45) is 4.14. The number of aliphatic carboxylic acids is 2. The van der Waals surface area contributed by atoms with Crippen LogP contribution in [0, 0.1) is 0 Å². The number of ketones is 1. The van der Waals surface area contributed by atoms with Crippen molar-refractivity contribution in [3.8, 4) is 0 Å². The molecule has 1 aromatic carbocycles. The minimum Gasteiger partial charge on any atom is -0.481 e. The molecule has 0 radical (unpaired) electrons. The molecule has 7 nitrogen and oxygen atoms in total. The number of carbonyl (C=O) groups is 3. The number of carboxylic acids is 2. The van der Waals surface area contributed by atoms with Gasteiger partial charge in [0, 0.05) is 39.8 Å². The highest BCUT2D eigenvalue weighted by Gasteiger charge is 2.49. The molecule has 0 aliphatic carbocycles. The van der Waals surface area contributed by atoms with Crippen molar-refractivity contribution >= 4 is 52.8 Å². The van der Waals surface area contributed by atoms with Gasteiger partial charge in [0.1, 0.15) is 11.6 Å². The van der Waals surface area contributed by atoms with Crippen LogP contribution < -0.4 is 5.32 Å². The lowest BCUT2D eigenvalue weighted by Crippen LogP contribution is -2.46. The van der Waals surface area contributed by atoms with Gasteiger partial charge < -0.3 is 15.5 Å². The predicted octanol–water partition coefficient (Wildman–Crippen LogP) is 3.16. The lowest BCUT2D eigenvalue weighted by atomic mass is 9.70. The molecule has 0 saturated carbocycles. The van der Waals surface area contributed by atoms with Crippen molar-refractivity contribution in [3.63, 3.8) is 0 Å². The van der Waals surface area contributed by atoms with E-state index < -0.39 is 35.2 Å². The van der Waals surface area contributed by atoms with Gasteiger partial charge >= 0.3 is 11.9 Å². The van der Waals surface area contributed by atoms with Crippen LogP contribution in [0.25, 0.3) is 0 Å². The molecule has 3 N–H and O–H groups in total. The second-order valence-corrected chi connectivity index (χ2v) is 7.30. The first-order valence-corrected chi connectivity index (χ1v) is 8.96. The number of aliphatic imine (C=N–C) groups is 1. The summed E-state index contributed by atoms with van der Waals surface area (Å²) in [4.78, 5) is 39.8. The summed E-state index contributed by atoms with van der Waals surface area (Å²) in [5.41, 5.74) is -0.416. The molecular formula is C18H16Cl2N2O5. The number of anilines is 1. The highest BCUT2D eigenvalue weighted by atomic mass is 35.5. The van der Waals surface area contributed by atoms with Crippen LogP contribution in [0.15, 0.2) is 29.3 Å². The quantitative estimate of drug-likeness (QED) is 0.662. The van der Waals surface area contributed by atoms with Crippen molar-refractivity contribution in [3.05, 3.63) is 39.9 Å². The summed E-state index contributed by atoms with van der Waals surface area (Å²) in [7, 11) is 0. The summed E-state index contributed by atoms with van der Waals surface area (Å²) < 4.78 is 0. The Hall–Kier alpha value is -2.38. The van der Waals surface area contributed by atoms with Gasteiger partial charge in [0.15, 0.2) is 5.78 Å². The number of allylic oxidation sites excluding steroid dienone is 1. The third-order valence-electron chi connectivity index (χ3n) is 4.81. The van der Waals surface area contributed by atoms with Gasteiger partial charge in [-0.2, -0.15) is 0 Å². The average molecular weight is 411 g/mol. The van der Waals surface area contributed by atoms with Crippen LogP contribution in [0.4, 0.5) is 5.69 Å². The molecule has 2 heterocycles. The summed E-state index contributed by atoms with van der Waals surface area (Å²) in [6, 6.07) is 2.11. The smallest absolute Gasteiger partial charge is 0.326 e. The lowest BCUT2D eigenvalue weighted by Gasteiger charge is -2.39. The number of nitrogens with zero attached hydrogens (tertiary/aromatic N) is 1. The van der Waals surface area contributed by atoms with E-state index in [4.69, 9.17) is 28.3 Å². The number of hydrogen-bond acceptors (Lipinski definition) is 5. The van der Waals surface area contributed by atoms with Crippen LogP contribution in [0.5, 0.6) is 0 Å². The predicted molar refractivity (Wildman–Crippen MR) is 101 cm³/mol. The van der Waals surface area contributed by atoms with Crippen LogP contribution in [0.1, 0.15) is 30.7 Å². The SMILES string of the molecule is O=C(O)CCC(=O)C1(C2CC(C(=O)O)Nc3cc(Cl)cc(Cl)c32)C=CC=N1. The molecular weight excluding hydrogens is 395 g/mol. The highest BCUT2D eigenvalue weighted by molar-refractivity contribution is 6.35. The zero-order chi connectivity index (χ0) is 19.8. The number of nitrogens with one attached hydrogen (secondary N) is 1. The van der Waals surface area contributed by atoms with Gasteiger partial charge in [-0.25, -0.2) is 4.79 Å². The molecule has 2 aliphatic heterocycles. The Morgan fingerprint density at radius 3 is 2.56 bits per heavy atom. The molecule has 0 aromatic heterocycles. The van der Waals surface area contributed by atoms with Gasteiger partial charge in [0.2, 0.25) is 0 Å². The molecule has 0 spiro atoms. The maximum atomic E-state index is 13.0. The molecule has 27 heavy (non-hydrogen) atoms. The van der Waals surface area contributed by atoms with Gasteiger partial charge in [0.05, 0.1) is 6.42 Å². The second-order valence-electron chi connectivity index (χ2n) is 6.45. The molecule has 0 saturated heterocycles. The molecule has 1 aromatic rings. The maximum Gasteiger partial charge on any atom is 0.326 e. The Kier molecular flexibility index (Phi) is 5.26. The van der Waals surface area contributed by atoms with E-state index in [1.165, 1.54) is 12.3 Å². The van der Waals surface area contributed by atoms with Crippen LogP contribution in [-0.4, -0.2) is 45.7 Å². The molecule has 0 fully saturated rings. The van der Waals surface area contributed by atoms with E-state index in [1.807, 2.05) is 0 Å². The Morgan fingerprint density at radius 2 is 1.96 bits per heavy atom.